The van der Waals surface area contributed by atoms with Gasteiger partial charge in [-0.25, -0.2) is 0 Å². The molecule has 3 saturated heterocycles. The van der Waals surface area contributed by atoms with Crippen LogP contribution >= 0.6 is 11.6 Å². The summed E-state index contributed by atoms with van der Waals surface area (Å²) in [5.41, 5.74) is -1.14. The van der Waals surface area contributed by atoms with Gasteiger partial charge in [0.2, 0.25) is 5.91 Å². The normalized spacial score (nSPS) is 28.3. The molecule has 2 aromatic carbocycles. The first-order valence-electron chi connectivity index (χ1n) is 14.4. The number of nitrogens with zero attached hydrogens (tertiary/aromatic N) is 2. The summed E-state index contributed by atoms with van der Waals surface area (Å²) in [6.45, 7) is 9.27. The highest BCUT2D eigenvalue weighted by atomic mass is 35.5. The van der Waals surface area contributed by atoms with Crippen LogP contribution in [0.25, 0.3) is 0 Å². The van der Waals surface area contributed by atoms with Crippen LogP contribution < -0.4 is 4.90 Å². The van der Waals surface area contributed by atoms with Crippen LogP contribution in [0.5, 0.6) is 0 Å². The molecule has 2 aromatic rings. The van der Waals surface area contributed by atoms with Crippen molar-refractivity contribution in [3.8, 4) is 0 Å². The summed E-state index contributed by atoms with van der Waals surface area (Å²) < 4.78 is 12.4. The summed E-state index contributed by atoms with van der Waals surface area (Å²) in [5, 5.41) is 11.1. The third-order valence-electron chi connectivity index (χ3n) is 8.91. The molecule has 2 bridgehead atoms. The predicted molar refractivity (Wildman–Crippen MR) is 160 cm³/mol. The Morgan fingerprint density at radius 2 is 1.88 bits per heavy atom. The van der Waals surface area contributed by atoms with Crippen LogP contribution in [0.1, 0.15) is 44.2 Å². The van der Waals surface area contributed by atoms with E-state index in [0.717, 1.165) is 0 Å². The molecule has 2 unspecified atom stereocenters. The quantitative estimate of drug-likeness (QED) is 0.215. The van der Waals surface area contributed by atoms with Crippen molar-refractivity contribution >= 4 is 35.1 Å². The number of fused-ring (bicyclic) bond motifs is 1. The molecule has 0 aromatic heterocycles. The number of aliphatic hydroxyl groups is 1. The Bertz CT molecular complexity index is 1370. The van der Waals surface area contributed by atoms with Crippen molar-refractivity contribution in [2.45, 2.75) is 55.9 Å². The van der Waals surface area contributed by atoms with Gasteiger partial charge in [0.25, 0.3) is 5.91 Å². The highest BCUT2D eigenvalue weighted by Gasteiger charge is 2.79. The van der Waals surface area contributed by atoms with E-state index < -0.39 is 59.5 Å². The zero-order valence-electron chi connectivity index (χ0n) is 23.8. The number of anilines is 1. The number of benzene rings is 2. The van der Waals surface area contributed by atoms with E-state index in [2.05, 4.69) is 13.2 Å². The zero-order valence-corrected chi connectivity index (χ0v) is 24.5. The second-order valence-corrected chi connectivity index (χ2v) is 11.8. The number of hydrogen-bond acceptors (Lipinski definition) is 6. The fourth-order valence-corrected chi connectivity index (χ4v) is 7.35. The van der Waals surface area contributed by atoms with Gasteiger partial charge in [0.15, 0.2) is 0 Å². The molecule has 5 rings (SSSR count). The second-order valence-electron chi connectivity index (χ2n) is 11.4. The van der Waals surface area contributed by atoms with E-state index in [1.165, 1.54) is 9.80 Å². The van der Waals surface area contributed by atoms with E-state index in [-0.39, 0.29) is 13.2 Å². The summed E-state index contributed by atoms with van der Waals surface area (Å²) in [7, 11) is 0. The summed E-state index contributed by atoms with van der Waals surface area (Å²) in [6.07, 6.45) is 5.53. The van der Waals surface area contributed by atoms with Gasteiger partial charge in [0.1, 0.15) is 17.6 Å². The molecule has 3 heterocycles. The Morgan fingerprint density at radius 3 is 2.55 bits per heavy atom. The van der Waals surface area contributed by atoms with Crippen LogP contribution in [-0.4, -0.2) is 64.8 Å². The maximum absolute atomic E-state index is 14.8. The lowest BCUT2D eigenvalue weighted by Gasteiger charge is -2.39. The molecule has 0 aliphatic carbocycles. The molecular weight excluding hydrogens is 556 g/mol. The van der Waals surface area contributed by atoms with Gasteiger partial charge in [0, 0.05) is 6.54 Å². The second kappa shape index (κ2) is 12.0. The Kier molecular flexibility index (Phi) is 8.60. The number of esters is 1. The number of aliphatic hydroxyl groups excluding tert-OH is 1. The SMILES string of the molecule is C=CCCCOC(=O)[C@@H]1[C@H]2C(=O)N([C@H](CO)c3ccccc3)C(C(=O)N(CC=C)c3ccccc3Cl)C23CC[C@@]1(C)O3. The highest BCUT2D eigenvalue weighted by Crippen LogP contribution is 2.64. The van der Waals surface area contributed by atoms with E-state index in [1.54, 1.807) is 36.4 Å². The van der Waals surface area contributed by atoms with Gasteiger partial charge in [-0.15, -0.1) is 13.2 Å². The maximum Gasteiger partial charge on any atom is 0.312 e. The molecule has 3 aliphatic rings. The first-order valence-corrected chi connectivity index (χ1v) is 14.7. The molecular formula is C33H37ClN2O6. The lowest BCUT2D eigenvalue weighted by atomic mass is 9.66. The van der Waals surface area contributed by atoms with Crippen molar-refractivity contribution in [2.75, 3.05) is 24.7 Å². The molecule has 2 amide bonds. The molecule has 6 atom stereocenters. The molecule has 42 heavy (non-hydrogen) atoms. The Morgan fingerprint density at radius 1 is 1.17 bits per heavy atom. The summed E-state index contributed by atoms with van der Waals surface area (Å²) in [4.78, 5) is 45.9. The number of halogens is 1. The van der Waals surface area contributed by atoms with Crippen molar-refractivity contribution in [3.63, 3.8) is 0 Å². The minimum Gasteiger partial charge on any atom is -0.465 e. The summed E-state index contributed by atoms with van der Waals surface area (Å²) in [5.74, 6) is -3.19. The number of carbonyl (C=O) groups is 3. The van der Waals surface area contributed by atoms with Crippen molar-refractivity contribution in [1.29, 1.82) is 0 Å². The van der Waals surface area contributed by atoms with Gasteiger partial charge in [-0.1, -0.05) is 66.2 Å². The third-order valence-corrected chi connectivity index (χ3v) is 9.23. The van der Waals surface area contributed by atoms with Crippen LogP contribution in [0.4, 0.5) is 5.69 Å². The molecule has 9 heteroatoms. The molecule has 222 valence electrons. The Labute approximate surface area is 251 Å². The van der Waals surface area contributed by atoms with Gasteiger partial charge in [-0.2, -0.15) is 0 Å². The fraction of sp³-hybridized carbons (Fsp3) is 0.424. The zero-order chi connectivity index (χ0) is 30.1. The number of likely N-dealkylation sites (tertiary alicyclic amines) is 1. The molecule has 3 aliphatic heterocycles. The maximum atomic E-state index is 14.8. The summed E-state index contributed by atoms with van der Waals surface area (Å²) >= 11 is 6.55. The first-order chi connectivity index (χ1) is 20.2. The number of carbonyl (C=O) groups excluding carboxylic acids is 3. The van der Waals surface area contributed by atoms with Crippen LogP contribution in [0.15, 0.2) is 79.9 Å². The number of rotatable bonds is 12. The Balaban J connectivity index is 1.62. The third kappa shape index (κ3) is 4.85. The van der Waals surface area contributed by atoms with E-state index in [9.17, 15) is 19.5 Å². The van der Waals surface area contributed by atoms with Gasteiger partial charge in [-0.05, 0) is 50.3 Å². The van der Waals surface area contributed by atoms with E-state index in [1.807, 2.05) is 37.3 Å². The average Bonchev–Trinajstić information content (AvgIpc) is 3.56. The van der Waals surface area contributed by atoms with E-state index in [0.29, 0.717) is 42.0 Å². The Hall–Kier alpha value is -3.46. The lowest BCUT2D eigenvalue weighted by molar-refractivity contribution is -0.160. The number of amides is 2. The molecule has 0 saturated carbocycles. The fourth-order valence-electron chi connectivity index (χ4n) is 7.11. The van der Waals surface area contributed by atoms with Gasteiger partial charge in [0.05, 0.1) is 41.5 Å². The van der Waals surface area contributed by atoms with E-state index in [4.69, 9.17) is 21.1 Å². The average molecular weight is 593 g/mol. The summed E-state index contributed by atoms with van der Waals surface area (Å²) in [6, 6.07) is 14.1. The molecule has 1 spiro atoms. The highest BCUT2D eigenvalue weighted by molar-refractivity contribution is 6.34. The molecule has 1 N–H and O–H groups in total. The van der Waals surface area contributed by atoms with Crippen LogP contribution in [-0.2, 0) is 23.9 Å². The topological polar surface area (TPSA) is 96.4 Å². The number of para-hydroxylation sites is 1. The van der Waals surface area contributed by atoms with Crippen molar-refractivity contribution in [2.24, 2.45) is 11.8 Å². The molecule has 8 nitrogen and oxygen atoms in total. The van der Waals surface area contributed by atoms with Crippen molar-refractivity contribution < 1.29 is 29.0 Å². The van der Waals surface area contributed by atoms with Gasteiger partial charge >= 0.3 is 5.97 Å². The minimum atomic E-state index is -1.30. The van der Waals surface area contributed by atoms with Gasteiger partial charge < -0.3 is 24.4 Å². The molecule has 0 radical (unpaired) electrons. The van der Waals surface area contributed by atoms with Crippen LogP contribution in [0.3, 0.4) is 0 Å². The van der Waals surface area contributed by atoms with Gasteiger partial charge in [-0.3, -0.25) is 14.4 Å². The number of unbranched alkanes of at least 4 members (excludes halogenated alkanes) is 1. The monoisotopic (exact) mass is 592 g/mol. The largest absolute Gasteiger partial charge is 0.465 e. The standard InChI is InChI=1S/C33H37ClN2O6/c1-4-6-12-20-41-31(40)27-26-29(38)36(25(21-37)22-13-8-7-9-14-22)28(33(26)18-17-32(27,3)42-33)30(39)35(19-5-2)24-16-11-10-15-23(24)34/h4-5,7-11,13-16,25-28,37H,1-2,6,12,17-21H2,3H3/t25-,26+,27+,28?,32-,33?/m1/s1. The smallest absolute Gasteiger partial charge is 0.312 e. The number of hydrogen-bond donors (Lipinski definition) is 1. The minimum absolute atomic E-state index is 0.128. The number of allylic oxidation sites excluding steroid dienone is 1. The van der Waals surface area contributed by atoms with Crippen LogP contribution in [0.2, 0.25) is 5.02 Å². The lowest BCUT2D eigenvalue weighted by Crippen LogP contribution is -2.57. The number of ether oxygens (including phenoxy) is 2. The van der Waals surface area contributed by atoms with Crippen molar-refractivity contribution in [3.05, 3.63) is 90.5 Å². The van der Waals surface area contributed by atoms with E-state index >= 15 is 0 Å². The van der Waals surface area contributed by atoms with Crippen molar-refractivity contribution in [1.82, 2.24) is 4.90 Å². The first kappa shape index (κ1) is 30.0. The van der Waals surface area contributed by atoms with Crippen LogP contribution in [0, 0.1) is 11.8 Å². The molecule has 3 fully saturated rings. The predicted octanol–water partition coefficient (Wildman–Crippen LogP) is 4.87.